The Morgan fingerprint density at radius 3 is 2.29 bits per heavy atom. The van der Waals surface area contributed by atoms with Gasteiger partial charge < -0.3 is 25.2 Å². The van der Waals surface area contributed by atoms with Crippen molar-refractivity contribution >= 4 is 6.09 Å². The fourth-order valence-corrected chi connectivity index (χ4v) is 2.44. The van der Waals surface area contributed by atoms with E-state index >= 15 is 0 Å². The zero-order valence-corrected chi connectivity index (χ0v) is 16.4. The summed E-state index contributed by atoms with van der Waals surface area (Å²) in [6.45, 7) is 11.9. The second-order valence-corrected chi connectivity index (χ2v) is 7.47. The van der Waals surface area contributed by atoms with Crippen LogP contribution in [0.4, 0.5) is 4.79 Å². The number of methoxy groups -OCH3 is 1. The number of hydrogen-bond acceptors (Lipinski definition) is 5. The molecule has 0 radical (unpaired) electrons. The molecule has 0 aliphatic rings. The predicted molar refractivity (Wildman–Crippen MR) is 97.2 cm³/mol. The van der Waals surface area contributed by atoms with Crippen molar-refractivity contribution in [2.24, 2.45) is 5.41 Å². The van der Waals surface area contributed by atoms with Crippen molar-refractivity contribution in [3.63, 3.8) is 0 Å². The molecule has 0 spiro atoms. The summed E-state index contributed by atoms with van der Waals surface area (Å²) in [5.74, 6) is 0. The first kappa shape index (κ1) is 23.1. The van der Waals surface area contributed by atoms with Gasteiger partial charge in [-0.3, -0.25) is 0 Å². The van der Waals surface area contributed by atoms with E-state index in [2.05, 4.69) is 24.5 Å². The maximum absolute atomic E-state index is 11.6. The predicted octanol–water partition coefficient (Wildman–Crippen LogP) is 2.69. The van der Waals surface area contributed by atoms with Crippen LogP contribution >= 0.6 is 0 Å². The summed E-state index contributed by atoms with van der Waals surface area (Å²) in [7, 11) is 1.69. The minimum atomic E-state index is -0.474. The first-order valence-corrected chi connectivity index (χ1v) is 9.02. The Kier molecular flexibility index (Phi) is 11.2. The third-order valence-corrected chi connectivity index (χ3v) is 4.37. The van der Waals surface area contributed by atoms with Gasteiger partial charge in [0.1, 0.15) is 5.60 Å². The Labute approximate surface area is 147 Å². The van der Waals surface area contributed by atoms with Gasteiger partial charge in [-0.05, 0) is 46.5 Å². The number of nitrogens with one attached hydrogen (secondary N) is 2. The monoisotopic (exact) mass is 346 g/mol. The van der Waals surface area contributed by atoms with E-state index in [-0.39, 0.29) is 24.2 Å². The molecule has 0 saturated heterocycles. The van der Waals surface area contributed by atoms with E-state index in [1.807, 2.05) is 20.8 Å². The van der Waals surface area contributed by atoms with E-state index in [9.17, 15) is 9.90 Å². The van der Waals surface area contributed by atoms with Gasteiger partial charge in [-0.25, -0.2) is 4.79 Å². The summed E-state index contributed by atoms with van der Waals surface area (Å²) in [5.41, 5.74) is -0.543. The summed E-state index contributed by atoms with van der Waals surface area (Å²) in [6.07, 6.45) is 3.22. The number of hydrogen-bond donors (Lipinski definition) is 3. The van der Waals surface area contributed by atoms with Crippen molar-refractivity contribution in [3.05, 3.63) is 0 Å². The van der Waals surface area contributed by atoms with Crippen molar-refractivity contribution < 1.29 is 19.4 Å². The highest BCUT2D eigenvalue weighted by Crippen LogP contribution is 2.24. The van der Waals surface area contributed by atoms with Crippen molar-refractivity contribution in [2.75, 3.05) is 33.4 Å². The van der Waals surface area contributed by atoms with Crippen molar-refractivity contribution in [1.82, 2.24) is 10.6 Å². The number of aliphatic hydroxyl groups excluding tert-OH is 1. The lowest BCUT2D eigenvalue weighted by Crippen LogP contribution is -2.43. The fourth-order valence-electron chi connectivity index (χ4n) is 2.44. The number of carbonyl (C=O) groups is 1. The molecular formula is C18H38N2O4. The number of carbonyl (C=O) groups excluding carboxylic acids is 1. The summed E-state index contributed by atoms with van der Waals surface area (Å²) < 4.78 is 10.5. The van der Waals surface area contributed by atoms with Crippen molar-refractivity contribution in [2.45, 2.75) is 71.9 Å². The Bertz CT molecular complexity index is 330. The molecule has 0 saturated carbocycles. The summed E-state index contributed by atoms with van der Waals surface area (Å²) in [5, 5.41) is 15.9. The third kappa shape index (κ3) is 10.1. The van der Waals surface area contributed by atoms with Crippen LogP contribution in [-0.4, -0.2) is 56.3 Å². The minimum Gasteiger partial charge on any atom is -0.444 e. The molecule has 1 unspecified atom stereocenters. The number of amides is 1. The highest BCUT2D eigenvalue weighted by molar-refractivity contribution is 5.67. The molecule has 6 nitrogen and oxygen atoms in total. The lowest BCUT2D eigenvalue weighted by atomic mass is 9.83. The van der Waals surface area contributed by atoms with E-state index in [1.165, 1.54) is 0 Å². The van der Waals surface area contributed by atoms with E-state index in [0.29, 0.717) is 13.2 Å². The van der Waals surface area contributed by atoms with Crippen LogP contribution in [0.1, 0.15) is 60.3 Å². The van der Waals surface area contributed by atoms with Crippen LogP contribution in [0, 0.1) is 5.41 Å². The molecule has 0 bridgehead atoms. The normalized spacial score (nSPS) is 13.6. The van der Waals surface area contributed by atoms with Crippen LogP contribution in [0.15, 0.2) is 0 Å². The molecule has 0 aliphatic carbocycles. The van der Waals surface area contributed by atoms with Gasteiger partial charge in [0, 0.05) is 38.3 Å². The Hall–Kier alpha value is -0.850. The standard InChI is InChI=1S/C18H38N2O4/c1-7-18(8-2,14-21)13-20-15(12-23-6)10-9-11-19-16(22)24-17(3,4)5/h15,20-21H,7-14H2,1-6H3,(H,19,22). The first-order valence-electron chi connectivity index (χ1n) is 9.02. The smallest absolute Gasteiger partial charge is 0.407 e. The third-order valence-electron chi connectivity index (χ3n) is 4.37. The molecule has 0 heterocycles. The van der Waals surface area contributed by atoms with Crippen LogP contribution < -0.4 is 10.6 Å². The summed E-state index contributed by atoms with van der Waals surface area (Å²) in [6, 6.07) is 0.208. The molecule has 6 heteroatoms. The van der Waals surface area contributed by atoms with Gasteiger partial charge in [-0.15, -0.1) is 0 Å². The minimum absolute atomic E-state index is 0.0687. The van der Waals surface area contributed by atoms with Crippen molar-refractivity contribution in [3.8, 4) is 0 Å². The van der Waals surface area contributed by atoms with E-state index in [1.54, 1.807) is 7.11 Å². The summed E-state index contributed by atoms with van der Waals surface area (Å²) in [4.78, 5) is 11.6. The number of ether oxygens (including phenoxy) is 2. The second kappa shape index (κ2) is 11.7. The molecule has 0 aromatic heterocycles. The molecule has 0 aliphatic heterocycles. The molecular weight excluding hydrogens is 308 g/mol. The van der Waals surface area contributed by atoms with Gasteiger partial charge in [-0.2, -0.15) is 0 Å². The van der Waals surface area contributed by atoms with Crippen molar-refractivity contribution in [1.29, 1.82) is 0 Å². The lowest BCUT2D eigenvalue weighted by Gasteiger charge is -2.32. The number of rotatable bonds is 12. The molecule has 144 valence electrons. The Balaban J connectivity index is 4.19. The largest absolute Gasteiger partial charge is 0.444 e. The van der Waals surface area contributed by atoms with Crippen LogP contribution in [0.3, 0.4) is 0 Å². The maximum Gasteiger partial charge on any atom is 0.407 e. The molecule has 1 amide bonds. The van der Waals surface area contributed by atoms with Gasteiger partial charge in [0.15, 0.2) is 0 Å². The van der Waals surface area contributed by atoms with Crippen LogP contribution in [0.2, 0.25) is 0 Å². The van der Waals surface area contributed by atoms with Gasteiger partial charge >= 0.3 is 6.09 Å². The maximum atomic E-state index is 11.6. The van der Waals surface area contributed by atoms with E-state index in [0.717, 1.165) is 32.2 Å². The average molecular weight is 347 g/mol. The zero-order valence-electron chi connectivity index (χ0n) is 16.4. The molecule has 3 N–H and O–H groups in total. The van der Waals surface area contributed by atoms with Crippen LogP contribution in [0.25, 0.3) is 0 Å². The fraction of sp³-hybridized carbons (Fsp3) is 0.944. The molecule has 0 aromatic carbocycles. The molecule has 1 atom stereocenters. The zero-order chi connectivity index (χ0) is 18.6. The molecule has 0 fully saturated rings. The SMILES string of the molecule is CCC(CC)(CO)CNC(CCCNC(=O)OC(C)(C)C)COC. The first-order chi connectivity index (χ1) is 11.2. The Morgan fingerprint density at radius 1 is 1.21 bits per heavy atom. The van der Waals surface area contributed by atoms with Gasteiger partial charge in [0.05, 0.1) is 6.61 Å². The number of alkyl carbamates (subject to hydrolysis) is 1. The van der Waals surface area contributed by atoms with Gasteiger partial charge in [-0.1, -0.05) is 13.8 Å². The molecule has 0 rings (SSSR count). The topological polar surface area (TPSA) is 79.8 Å². The van der Waals surface area contributed by atoms with Crippen LogP contribution in [0.5, 0.6) is 0 Å². The number of aliphatic hydroxyl groups is 1. The molecule has 0 aromatic rings. The summed E-state index contributed by atoms with van der Waals surface area (Å²) >= 11 is 0. The second-order valence-electron chi connectivity index (χ2n) is 7.47. The van der Waals surface area contributed by atoms with Gasteiger partial charge in [0.2, 0.25) is 0 Å². The van der Waals surface area contributed by atoms with E-state index in [4.69, 9.17) is 9.47 Å². The quantitative estimate of drug-likeness (QED) is 0.474. The lowest BCUT2D eigenvalue weighted by molar-refractivity contribution is 0.0525. The van der Waals surface area contributed by atoms with Crippen LogP contribution in [-0.2, 0) is 9.47 Å². The highest BCUT2D eigenvalue weighted by Gasteiger charge is 2.26. The highest BCUT2D eigenvalue weighted by atomic mass is 16.6. The average Bonchev–Trinajstić information content (AvgIpc) is 2.51. The Morgan fingerprint density at radius 2 is 1.83 bits per heavy atom. The molecule has 24 heavy (non-hydrogen) atoms. The van der Waals surface area contributed by atoms with Gasteiger partial charge in [0.25, 0.3) is 0 Å². The van der Waals surface area contributed by atoms with E-state index < -0.39 is 5.60 Å².